The van der Waals surface area contributed by atoms with E-state index in [1.165, 1.54) is 0 Å². The zero-order valence-corrected chi connectivity index (χ0v) is 13.6. The molecule has 4 nitrogen and oxygen atoms in total. The van der Waals surface area contributed by atoms with Crippen molar-refractivity contribution in [1.82, 2.24) is 0 Å². The zero-order chi connectivity index (χ0) is 15.7. The molecular formula is C18H25NO3. The van der Waals surface area contributed by atoms with Gasteiger partial charge in [0.05, 0.1) is 0 Å². The molecule has 1 saturated carbocycles. The van der Waals surface area contributed by atoms with Crippen molar-refractivity contribution < 1.29 is 14.3 Å². The van der Waals surface area contributed by atoms with Gasteiger partial charge in [-0.2, -0.15) is 0 Å². The lowest BCUT2D eigenvalue weighted by atomic mass is 9.69. The van der Waals surface area contributed by atoms with E-state index in [-0.39, 0.29) is 18.6 Å². The first-order chi connectivity index (χ1) is 10.4. The average molecular weight is 303 g/mol. The van der Waals surface area contributed by atoms with Crippen LogP contribution in [-0.2, 0) is 4.79 Å². The topological polar surface area (TPSA) is 47.6 Å². The predicted molar refractivity (Wildman–Crippen MR) is 86.1 cm³/mol. The van der Waals surface area contributed by atoms with E-state index in [0.29, 0.717) is 11.2 Å². The van der Waals surface area contributed by atoms with E-state index < -0.39 is 0 Å². The molecule has 1 aliphatic heterocycles. The number of nitrogens with one attached hydrogen (secondary N) is 1. The number of rotatable bonds is 2. The summed E-state index contributed by atoms with van der Waals surface area (Å²) in [6.45, 7) is 7.14. The number of amides is 1. The molecule has 1 fully saturated rings. The first kappa shape index (κ1) is 15.2. The van der Waals surface area contributed by atoms with Gasteiger partial charge in [-0.3, -0.25) is 4.79 Å². The summed E-state index contributed by atoms with van der Waals surface area (Å²) in [5.74, 6) is 2.43. The lowest BCUT2D eigenvalue weighted by molar-refractivity contribution is -0.121. The van der Waals surface area contributed by atoms with Gasteiger partial charge in [-0.15, -0.1) is 0 Å². The Morgan fingerprint density at radius 3 is 2.45 bits per heavy atom. The molecule has 22 heavy (non-hydrogen) atoms. The number of ether oxygens (including phenoxy) is 2. The summed E-state index contributed by atoms with van der Waals surface area (Å²) >= 11 is 0. The molecule has 1 heterocycles. The van der Waals surface area contributed by atoms with Crippen LogP contribution in [0.25, 0.3) is 0 Å². The van der Waals surface area contributed by atoms with Crippen LogP contribution in [0.3, 0.4) is 0 Å². The van der Waals surface area contributed by atoms with Gasteiger partial charge in [0.2, 0.25) is 12.7 Å². The van der Waals surface area contributed by atoms with Crippen LogP contribution in [0.2, 0.25) is 0 Å². The van der Waals surface area contributed by atoms with Gasteiger partial charge in [0.1, 0.15) is 0 Å². The quantitative estimate of drug-likeness (QED) is 0.890. The lowest BCUT2D eigenvalue weighted by Crippen LogP contribution is -2.31. The van der Waals surface area contributed by atoms with E-state index in [1.54, 1.807) is 0 Å². The Morgan fingerprint density at radius 2 is 1.77 bits per heavy atom. The van der Waals surface area contributed by atoms with Crippen molar-refractivity contribution >= 4 is 11.6 Å². The van der Waals surface area contributed by atoms with Crippen LogP contribution in [0, 0.1) is 17.3 Å². The molecule has 1 aromatic carbocycles. The molecule has 0 bridgehead atoms. The second kappa shape index (κ2) is 5.82. The van der Waals surface area contributed by atoms with Gasteiger partial charge in [0.15, 0.2) is 11.5 Å². The normalized spacial score (nSPS) is 24.1. The summed E-state index contributed by atoms with van der Waals surface area (Å²) in [5.41, 5.74) is 1.13. The second-order valence-corrected chi connectivity index (χ2v) is 7.47. The highest BCUT2D eigenvalue weighted by Gasteiger charge is 2.32. The number of hydrogen-bond donors (Lipinski definition) is 1. The van der Waals surface area contributed by atoms with Crippen molar-refractivity contribution in [3.05, 3.63) is 18.2 Å². The molecular weight excluding hydrogens is 278 g/mol. The van der Waals surface area contributed by atoms with Gasteiger partial charge >= 0.3 is 0 Å². The summed E-state index contributed by atoms with van der Waals surface area (Å²) in [4.78, 5) is 12.4. The number of carbonyl (C=O) groups excluding carboxylic acids is 1. The van der Waals surface area contributed by atoms with Crippen molar-refractivity contribution in [1.29, 1.82) is 0 Å². The maximum atomic E-state index is 12.4. The van der Waals surface area contributed by atoms with E-state index >= 15 is 0 Å². The van der Waals surface area contributed by atoms with Crippen LogP contribution in [0.4, 0.5) is 5.69 Å². The fourth-order valence-electron chi connectivity index (χ4n) is 3.44. The number of anilines is 1. The second-order valence-electron chi connectivity index (χ2n) is 7.47. The molecule has 2 aliphatic rings. The molecule has 0 radical (unpaired) electrons. The SMILES string of the molecule is CC(C)(C)C1CCC(C(=O)Nc2ccc3c(c2)OCO3)CC1. The highest BCUT2D eigenvalue weighted by molar-refractivity contribution is 5.92. The minimum absolute atomic E-state index is 0.129. The largest absolute Gasteiger partial charge is 0.454 e. The molecule has 0 aromatic heterocycles. The van der Waals surface area contributed by atoms with Gasteiger partial charge < -0.3 is 14.8 Å². The summed E-state index contributed by atoms with van der Waals surface area (Å²) in [6, 6.07) is 5.54. The van der Waals surface area contributed by atoms with Crippen LogP contribution < -0.4 is 14.8 Å². The third-order valence-corrected chi connectivity index (χ3v) is 4.96. The van der Waals surface area contributed by atoms with Gasteiger partial charge in [0, 0.05) is 17.7 Å². The molecule has 1 N–H and O–H groups in total. The number of carbonyl (C=O) groups is 1. The first-order valence-electron chi connectivity index (χ1n) is 8.14. The van der Waals surface area contributed by atoms with E-state index in [0.717, 1.165) is 43.0 Å². The Hall–Kier alpha value is -1.71. The lowest BCUT2D eigenvalue weighted by Gasteiger charge is -2.36. The summed E-state index contributed by atoms with van der Waals surface area (Å²) < 4.78 is 10.6. The van der Waals surface area contributed by atoms with Crippen LogP contribution >= 0.6 is 0 Å². The number of hydrogen-bond acceptors (Lipinski definition) is 3. The number of fused-ring (bicyclic) bond motifs is 1. The van der Waals surface area contributed by atoms with Crippen molar-refractivity contribution in [2.45, 2.75) is 46.5 Å². The van der Waals surface area contributed by atoms with Gasteiger partial charge in [-0.05, 0) is 49.1 Å². The van der Waals surface area contributed by atoms with Gasteiger partial charge in [-0.1, -0.05) is 20.8 Å². The van der Waals surface area contributed by atoms with E-state index in [4.69, 9.17) is 9.47 Å². The zero-order valence-electron chi connectivity index (χ0n) is 13.6. The number of benzene rings is 1. The van der Waals surface area contributed by atoms with E-state index in [9.17, 15) is 4.79 Å². The van der Waals surface area contributed by atoms with Crippen molar-refractivity contribution in [2.75, 3.05) is 12.1 Å². The molecule has 3 rings (SSSR count). The van der Waals surface area contributed by atoms with E-state index in [2.05, 4.69) is 26.1 Å². The summed E-state index contributed by atoms with van der Waals surface area (Å²) in [6.07, 6.45) is 4.25. The van der Waals surface area contributed by atoms with E-state index in [1.807, 2.05) is 18.2 Å². The molecule has 0 unspecified atom stereocenters. The van der Waals surface area contributed by atoms with Crippen molar-refractivity contribution in [3.63, 3.8) is 0 Å². The summed E-state index contributed by atoms with van der Waals surface area (Å²) in [5, 5.41) is 3.02. The molecule has 0 atom stereocenters. The minimum Gasteiger partial charge on any atom is -0.454 e. The predicted octanol–water partition coefficient (Wildman–Crippen LogP) is 4.21. The van der Waals surface area contributed by atoms with Crippen LogP contribution in [-0.4, -0.2) is 12.7 Å². The van der Waals surface area contributed by atoms with Crippen LogP contribution in [0.5, 0.6) is 11.5 Å². The standard InChI is InChI=1S/C18H25NO3/c1-18(2,3)13-6-4-12(5-7-13)17(20)19-14-8-9-15-16(10-14)22-11-21-15/h8-10,12-13H,4-7,11H2,1-3H3,(H,19,20). The first-order valence-corrected chi connectivity index (χ1v) is 8.14. The Bertz CT molecular complexity index is 554. The van der Waals surface area contributed by atoms with Gasteiger partial charge in [0.25, 0.3) is 0 Å². The maximum absolute atomic E-state index is 12.4. The third-order valence-electron chi connectivity index (χ3n) is 4.96. The fourth-order valence-corrected chi connectivity index (χ4v) is 3.44. The Kier molecular flexibility index (Phi) is 4.02. The highest BCUT2D eigenvalue weighted by Crippen LogP contribution is 2.40. The highest BCUT2D eigenvalue weighted by atomic mass is 16.7. The molecule has 1 aliphatic carbocycles. The molecule has 4 heteroatoms. The smallest absolute Gasteiger partial charge is 0.231 e. The summed E-state index contributed by atoms with van der Waals surface area (Å²) in [7, 11) is 0. The van der Waals surface area contributed by atoms with Gasteiger partial charge in [-0.25, -0.2) is 0 Å². The van der Waals surface area contributed by atoms with Crippen molar-refractivity contribution in [2.24, 2.45) is 17.3 Å². The molecule has 1 amide bonds. The monoisotopic (exact) mass is 303 g/mol. The third kappa shape index (κ3) is 3.21. The Labute approximate surface area is 132 Å². The molecule has 0 saturated heterocycles. The van der Waals surface area contributed by atoms with Crippen LogP contribution in [0.1, 0.15) is 46.5 Å². The average Bonchev–Trinajstić information content (AvgIpc) is 2.94. The molecule has 1 aromatic rings. The molecule has 0 spiro atoms. The fraction of sp³-hybridized carbons (Fsp3) is 0.611. The maximum Gasteiger partial charge on any atom is 0.231 e. The minimum atomic E-state index is 0.129. The Balaban J connectivity index is 1.57. The van der Waals surface area contributed by atoms with Crippen molar-refractivity contribution in [3.8, 4) is 11.5 Å². The van der Waals surface area contributed by atoms with Crippen LogP contribution in [0.15, 0.2) is 18.2 Å². The Morgan fingerprint density at radius 1 is 1.09 bits per heavy atom. The molecule has 120 valence electrons.